The van der Waals surface area contributed by atoms with E-state index in [-0.39, 0.29) is 0 Å². The summed E-state index contributed by atoms with van der Waals surface area (Å²) in [5, 5.41) is 3.68. The first-order valence-corrected chi connectivity index (χ1v) is 7.55. The zero-order valence-electron chi connectivity index (χ0n) is 10.3. The van der Waals surface area contributed by atoms with Crippen LogP contribution in [-0.4, -0.2) is 48.6 Å². The lowest BCUT2D eigenvalue weighted by atomic mass is 10.2. The van der Waals surface area contributed by atoms with E-state index in [0.29, 0.717) is 0 Å². The second-order valence-electron chi connectivity index (χ2n) is 4.25. The predicted octanol–water partition coefficient (Wildman–Crippen LogP) is 2.20. The molecular weight excluding hydrogens is 204 g/mol. The van der Waals surface area contributed by atoms with Crippen molar-refractivity contribution in [1.82, 2.24) is 10.2 Å². The topological polar surface area (TPSA) is 15.3 Å². The van der Waals surface area contributed by atoms with E-state index >= 15 is 0 Å². The molecule has 1 N–H and O–H groups in total. The summed E-state index contributed by atoms with van der Waals surface area (Å²) in [6, 6.07) is 0.792. The molecule has 1 aliphatic heterocycles. The van der Waals surface area contributed by atoms with Gasteiger partial charge in [0.1, 0.15) is 0 Å². The van der Waals surface area contributed by atoms with Crippen molar-refractivity contribution in [1.29, 1.82) is 0 Å². The Labute approximate surface area is 99.2 Å². The average Bonchev–Trinajstić information content (AvgIpc) is 2.31. The lowest BCUT2D eigenvalue weighted by molar-refractivity contribution is 0.295. The second-order valence-corrected chi connectivity index (χ2v) is 5.40. The Balaban J connectivity index is 1.95. The maximum Gasteiger partial charge on any atom is 0.0158 e. The van der Waals surface area contributed by atoms with Gasteiger partial charge in [0.15, 0.2) is 0 Å². The normalized spacial score (nSPS) is 22.2. The minimum atomic E-state index is 0.792. The molecule has 1 heterocycles. The molecule has 3 heteroatoms. The van der Waals surface area contributed by atoms with Crippen LogP contribution < -0.4 is 5.32 Å². The minimum absolute atomic E-state index is 0.792. The maximum absolute atomic E-state index is 3.68. The molecule has 0 aromatic rings. The van der Waals surface area contributed by atoms with Gasteiger partial charge in [-0.3, -0.25) is 0 Å². The van der Waals surface area contributed by atoms with Crippen molar-refractivity contribution in [2.24, 2.45) is 0 Å². The molecule has 2 nitrogen and oxygen atoms in total. The minimum Gasteiger partial charge on any atom is -0.313 e. The maximum atomic E-state index is 3.68. The Kier molecular flexibility index (Phi) is 7.49. The van der Waals surface area contributed by atoms with Crippen molar-refractivity contribution < 1.29 is 0 Å². The summed E-state index contributed by atoms with van der Waals surface area (Å²) in [6.45, 7) is 9.32. The molecule has 0 saturated carbocycles. The number of thioether (sulfide) groups is 1. The van der Waals surface area contributed by atoms with Crippen LogP contribution in [-0.2, 0) is 0 Å². The van der Waals surface area contributed by atoms with Crippen molar-refractivity contribution in [2.75, 3.05) is 37.7 Å². The summed E-state index contributed by atoms with van der Waals surface area (Å²) in [4.78, 5) is 2.50. The van der Waals surface area contributed by atoms with Crippen LogP contribution >= 0.6 is 11.8 Å². The molecule has 0 bridgehead atoms. The van der Waals surface area contributed by atoms with Crippen molar-refractivity contribution in [3.05, 3.63) is 0 Å². The lowest BCUT2D eigenvalue weighted by Gasteiger charge is -2.23. The summed E-state index contributed by atoms with van der Waals surface area (Å²) in [5.41, 5.74) is 0. The van der Waals surface area contributed by atoms with E-state index in [4.69, 9.17) is 0 Å². The highest BCUT2D eigenvalue weighted by atomic mass is 32.2. The highest BCUT2D eigenvalue weighted by Gasteiger charge is 2.12. The number of nitrogens with zero attached hydrogens (tertiary/aromatic N) is 1. The van der Waals surface area contributed by atoms with Gasteiger partial charge in [-0.1, -0.05) is 13.8 Å². The van der Waals surface area contributed by atoms with Gasteiger partial charge >= 0.3 is 0 Å². The van der Waals surface area contributed by atoms with Gasteiger partial charge in [-0.2, -0.15) is 11.8 Å². The van der Waals surface area contributed by atoms with Crippen LogP contribution in [0.5, 0.6) is 0 Å². The molecule has 0 aromatic carbocycles. The quantitative estimate of drug-likeness (QED) is 0.675. The highest BCUT2D eigenvalue weighted by molar-refractivity contribution is 7.99. The molecule has 1 atom stereocenters. The van der Waals surface area contributed by atoms with E-state index < -0.39 is 0 Å². The average molecular weight is 230 g/mol. The Hall–Kier alpha value is 0.270. The van der Waals surface area contributed by atoms with Crippen LogP contribution in [0, 0.1) is 0 Å². The van der Waals surface area contributed by atoms with E-state index in [9.17, 15) is 0 Å². The van der Waals surface area contributed by atoms with E-state index in [0.717, 1.165) is 6.04 Å². The number of hydrogen-bond acceptors (Lipinski definition) is 3. The van der Waals surface area contributed by atoms with E-state index in [1.54, 1.807) is 0 Å². The Bertz CT molecular complexity index is 143. The predicted molar refractivity (Wildman–Crippen MR) is 70.8 cm³/mol. The SMILES string of the molecule is CCN(CC)CCCN[C@@H]1CCCSC1. The first kappa shape index (κ1) is 13.3. The molecule has 0 aliphatic carbocycles. The molecule has 0 unspecified atom stereocenters. The van der Waals surface area contributed by atoms with Gasteiger partial charge in [0.2, 0.25) is 0 Å². The molecule has 0 aromatic heterocycles. The lowest BCUT2D eigenvalue weighted by Crippen LogP contribution is -2.36. The summed E-state index contributed by atoms with van der Waals surface area (Å²) in [7, 11) is 0. The summed E-state index contributed by atoms with van der Waals surface area (Å²) in [6.07, 6.45) is 4.08. The molecular formula is C12H26N2S. The smallest absolute Gasteiger partial charge is 0.0158 e. The van der Waals surface area contributed by atoms with Gasteiger partial charge in [0.25, 0.3) is 0 Å². The number of hydrogen-bond donors (Lipinski definition) is 1. The largest absolute Gasteiger partial charge is 0.313 e. The molecule has 15 heavy (non-hydrogen) atoms. The van der Waals surface area contributed by atoms with Crippen LogP contribution in [0.3, 0.4) is 0 Å². The Morgan fingerprint density at radius 3 is 2.73 bits per heavy atom. The standard InChI is InChI=1S/C12H26N2S/c1-3-14(4-2)9-6-8-13-12-7-5-10-15-11-12/h12-13H,3-11H2,1-2H3/t12-/m1/s1. The van der Waals surface area contributed by atoms with Crippen LogP contribution in [0.1, 0.15) is 33.1 Å². The number of rotatable bonds is 7. The molecule has 1 fully saturated rings. The molecule has 1 aliphatic rings. The molecule has 90 valence electrons. The fourth-order valence-corrected chi connectivity index (χ4v) is 3.16. The molecule has 1 rings (SSSR count). The number of nitrogens with one attached hydrogen (secondary N) is 1. The Morgan fingerprint density at radius 1 is 1.33 bits per heavy atom. The first-order valence-electron chi connectivity index (χ1n) is 6.40. The molecule has 0 radical (unpaired) electrons. The van der Waals surface area contributed by atoms with Gasteiger partial charge in [0, 0.05) is 11.8 Å². The monoisotopic (exact) mass is 230 g/mol. The zero-order chi connectivity index (χ0) is 10.9. The van der Waals surface area contributed by atoms with Crippen LogP contribution in [0.25, 0.3) is 0 Å². The van der Waals surface area contributed by atoms with Gasteiger partial charge in [0.05, 0.1) is 0 Å². The summed E-state index contributed by atoms with van der Waals surface area (Å²) >= 11 is 2.10. The third-order valence-electron chi connectivity index (χ3n) is 3.14. The van der Waals surface area contributed by atoms with Crippen molar-refractivity contribution in [3.8, 4) is 0 Å². The molecule has 1 saturated heterocycles. The fourth-order valence-electron chi connectivity index (χ4n) is 2.05. The van der Waals surface area contributed by atoms with E-state index in [2.05, 4.69) is 35.8 Å². The van der Waals surface area contributed by atoms with Crippen LogP contribution in [0.4, 0.5) is 0 Å². The van der Waals surface area contributed by atoms with Crippen molar-refractivity contribution in [3.63, 3.8) is 0 Å². The van der Waals surface area contributed by atoms with Gasteiger partial charge < -0.3 is 10.2 Å². The Morgan fingerprint density at radius 2 is 2.13 bits per heavy atom. The van der Waals surface area contributed by atoms with Crippen molar-refractivity contribution in [2.45, 2.75) is 39.2 Å². The van der Waals surface area contributed by atoms with Gasteiger partial charge in [-0.05, 0) is 51.2 Å². The zero-order valence-corrected chi connectivity index (χ0v) is 11.1. The van der Waals surface area contributed by atoms with Gasteiger partial charge in [-0.15, -0.1) is 0 Å². The first-order chi connectivity index (χ1) is 7.36. The van der Waals surface area contributed by atoms with E-state index in [1.807, 2.05) is 0 Å². The van der Waals surface area contributed by atoms with E-state index in [1.165, 1.54) is 56.9 Å². The second kappa shape index (κ2) is 8.43. The van der Waals surface area contributed by atoms with Crippen LogP contribution in [0.2, 0.25) is 0 Å². The molecule has 0 spiro atoms. The molecule has 0 amide bonds. The summed E-state index contributed by atoms with van der Waals surface area (Å²) < 4.78 is 0. The van der Waals surface area contributed by atoms with Crippen molar-refractivity contribution >= 4 is 11.8 Å². The van der Waals surface area contributed by atoms with Crippen LogP contribution in [0.15, 0.2) is 0 Å². The highest BCUT2D eigenvalue weighted by Crippen LogP contribution is 2.16. The third kappa shape index (κ3) is 5.79. The summed E-state index contributed by atoms with van der Waals surface area (Å²) in [5.74, 6) is 2.70. The fraction of sp³-hybridized carbons (Fsp3) is 1.00. The third-order valence-corrected chi connectivity index (χ3v) is 4.35. The van der Waals surface area contributed by atoms with Gasteiger partial charge in [-0.25, -0.2) is 0 Å².